The first kappa shape index (κ1) is 26.8. The summed E-state index contributed by atoms with van der Waals surface area (Å²) in [5.41, 5.74) is 11.4. The van der Waals surface area contributed by atoms with Crippen LogP contribution in [0.1, 0.15) is 40.4 Å². The Morgan fingerprint density at radius 2 is 1.77 bits per heavy atom. The number of sulfone groups is 1. The molecule has 0 spiro atoms. The number of nitrogens with two attached hydrogens (primary N) is 1. The molecule has 1 fully saturated rings. The van der Waals surface area contributed by atoms with E-state index in [9.17, 15) is 13.2 Å². The van der Waals surface area contributed by atoms with Gasteiger partial charge in [-0.15, -0.1) is 0 Å². The number of amides is 1. The summed E-state index contributed by atoms with van der Waals surface area (Å²) >= 11 is 0. The van der Waals surface area contributed by atoms with Crippen LogP contribution in [-0.4, -0.2) is 72.1 Å². The smallest absolute Gasteiger partial charge is 0.253 e. The fourth-order valence-corrected chi connectivity index (χ4v) is 6.16. The SMILES string of the molecule is CN(C)C(=O)c1ccc(C2CCN(Cc3cc4c(-c5cnc(N)c(S(C)(=O)=O)c5)ccnc4n3C)CC2)cc1. The Labute approximate surface area is 229 Å². The van der Waals surface area contributed by atoms with Crippen molar-refractivity contribution in [3.8, 4) is 11.1 Å². The van der Waals surface area contributed by atoms with Crippen LogP contribution >= 0.6 is 0 Å². The first-order chi connectivity index (χ1) is 18.5. The molecule has 0 radical (unpaired) electrons. The number of nitrogens with zero attached hydrogens (tertiary/aromatic N) is 5. The number of hydrogen-bond acceptors (Lipinski definition) is 7. The summed E-state index contributed by atoms with van der Waals surface area (Å²) in [6, 6.07) is 13.7. The molecule has 9 nitrogen and oxygen atoms in total. The van der Waals surface area contributed by atoms with E-state index in [1.165, 1.54) is 5.56 Å². The number of pyridine rings is 2. The van der Waals surface area contributed by atoms with Crippen molar-refractivity contribution in [2.45, 2.75) is 30.2 Å². The second-order valence-corrected chi connectivity index (χ2v) is 12.5. The molecule has 0 saturated carbocycles. The predicted octanol–water partition coefficient (Wildman–Crippen LogP) is 3.70. The van der Waals surface area contributed by atoms with Gasteiger partial charge in [0.05, 0.1) is 0 Å². The molecular formula is C29H34N6O3S. The highest BCUT2D eigenvalue weighted by Crippen LogP contribution is 2.33. The van der Waals surface area contributed by atoms with E-state index in [2.05, 4.69) is 37.6 Å². The van der Waals surface area contributed by atoms with Gasteiger partial charge in [0.2, 0.25) is 0 Å². The highest BCUT2D eigenvalue weighted by atomic mass is 32.2. The van der Waals surface area contributed by atoms with Gasteiger partial charge in [-0.3, -0.25) is 9.69 Å². The van der Waals surface area contributed by atoms with Crippen molar-refractivity contribution in [2.75, 3.05) is 39.2 Å². The summed E-state index contributed by atoms with van der Waals surface area (Å²) in [7, 11) is 2.04. The van der Waals surface area contributed by atoms with Crippen molar-refractivity contribution in [3.63, 3.8) is 0 Å². The molecule has 0 aliphatic carbocycles. The minimum Gasteiger partial charge on any atom is -0.383 e. The number of carbonyl (C=O) groups excluding carboxylic acids is 1. The zero-order valence-electron chi connectivity index (χ0n) is 22.8. The van der Waals surface area contributed by atoms with Crippen molar-refractivity contribution in [1.29, 1.82) is 0 Å². The van der Waals surface area contributed by atoms with Crippen molar-refractivity contribution in [2.24, 2.45) is 7.05 Å². The van der Waals surface area contributed by atoms with Gasteiger partial charge in [-0.05, 0) is 73.3 Å². The van der Waals surface area contributed by atoms with Crippen molar-refractivity contribution in [3.05, 3.63) is 71.7 Å². The second kappa shape index (κ2) is 10.4. The van der Waals surface area contributed by atoms with Crippen LogP contribution in [0.5, 0.6) is 0 Å². The molecule has 4 heterocycles. The van der Waals surface area contributed by atoms with Crippen LogP contribution in [0.15, 0.2) is 59.8 Å². The van der Waals surface area contributed by atoms with Gasteiger partial charge in [0, 0.05) is 68.5 Å². The van der Waals surface area contributed by atoms with Crippen LogP contribution in [0.25, 0.3) is 22.2 Å². The predicted molar refractivity (Wildman–Crippen MR) is 153 cm³/mol. The van der Waals surface area contributed by atoms with Gasteiger partial charge in [-0.25, -0.2) is 18.4 Å². The molecule has 1 amide bonds. The minimum absolute atomic E-state index is 0.00157. The van der Waals surface area contributed by atoms with E-state index in [0.29, 0.717) is 17.0 Å². The number of anilines is 1. The molecule has 1 aliphatic heterocycles. The number of nitrogen functional groups attached to an aromatic ring is 1. The average molecular weight is 547 g/mol. The summed E-state index contributed by atoms with van der Waals surface area (Å²) in [4.78, 5) is 25.0. The molecule has 1 aliphatic rings. The normalized spacial score (nSPS) is 15.1. The highest BCUT2D eigenvalue weighted by Gasteiger charge is 2.23. The summed E-state index contributed by atoms with van der Waals surface area (Å²) in [5, 5.41) is 0.947. The van der Waals surface area contributed by atoms with Crippen LogP contribution in [0.4, 0.5) is 5.82 Å². The lowest BCUT2D eigenvalue weighted by Crippen LogP contribution is -2.33. The lowest BCUT2D eigenvalue weighted by molar-refractivity contribution is 0.0827. The zero-order chi connectivity index (χ0) is 27.9. The van der Waals surface area contributed by atoms with E-state index in [4.69, 9.17) is 5.73 Å². The number of aromatic nitrogens is 3. The van der Waals surface area contributed by atoms with Crippen LogP contribution in [0.2, 0.25) is 0 Å². The fraction of sp³-hybridized carbons (Fsp3) is 0.345. The number of piperidine rings is 1. The quantitative estimate of drug-likeness (QED) is 0.392. The van der Waals surface area contributed by atoms with Gasteiger partial charge in [-0.2, -0.15) is 0 Å². The second-order valence-electron chi connectivity index (χ2n) is 10.5. The Kier molecular flexibility index (Phi) is 7.17. The van der Waals surface area contributed by atoms with E-state index < -0.39 is 9.84 Å². The molecule has 1 saturated heterocycles. The number of carbonyl (C=O) groups is 1. The summed E-state index contributed by atoms with van der Waals surface area (Å²) in [6.45, 7) is 2.75. The lowest BCUT2D eigenvalue weighted by Gasteiger charge is -2.32. The van der Waals surface area contributed by atoms with E-state index in [1.807, 2.05) is 25.2 Å². The molecule has 39 heavy (non-hydrogen) atoms. The van der Waals surface area contributed by atoms with Crippen LogP contribution in [0, 0.1) is 0 Å². The Hall–Kier alpha value is -3.76. The van der Waals surface area contributed by atoms with Gasteiger partial charge in [-0.1, -0.05) is 12.1 Å². The van der Waals surface area contributed by atoms with Gasteiger partial charge in [0.15, 0.2) is 9.84 Å². The highest BCUT2D eigenvalue weighted by molar-refractivity contribution is 7.90. The van der Waals surface area contributed by atoms with Crippen LogP contribution in [-0.2, 0) is 23.4 Å². The third-order valence-corrected chi connectivity index (χ3v) is 8.76. The average Bonchev–Trinajstić information content (AvgIpc) is 3.23. The number of hydrogen-bond donors (Lipinski definition) is 1. The topological polar surface area (TPSA) is 114 Å². The van der Waals surface area contributed by atoms with E-state index in [1.54, 1.807) is 37.5 Å². The molecule has 2 N–H and O–H groups in total. The third-order valence-electron chi connectivity index (χ3n) is 7.63. The van der Waals surface area contributed by atoms with Gasteiger partial charge in [0.25, 0.3) is 5.91 Å². The number of aryl methyl sites for hydroxylation is 1. The molecule has 3 aromatic heterocycles. The fourth-order valence-electron chi connectivity index (χ4n) is 5.38. The number of benzene rings is 1. The lowest BCUT2D eigenvalue weighted by atomic mass is 9.89. The molecular weight excluding hydrogens is 512 g/mol. The Morgan fingerprint density at radius 1 is 1.08 bits per heavy atom. The maximum atomic E-state index is 12.2. The largest absolute Gasteiger partial charge is 0.383 e. The molecule has 0 atom stereocenters. The molecule has 4 aromatic rings. The van der Waals surface area contributed by atoms with E-state index >= 15 is 0 Å². The molecule has 204 valence electrons. The first-order valence-electron chi connectivity index (χ1n) is 13.0. The Bertz CT molecular complexity index is 1640. The molecule has 0 bridgehead atoms. The van der Waals surface area contributed by atoms with Crippen molar-refractivity contribution < 1.29 is 13.2 Å². The van der Waals surface area contributed by atoms with Crippen LogP contribution in [0.3, 0.4) is 0 Å². The van der Waals surface area contributed by atoms with Crippen molar-refractivity contribution in [1.82, 2.24) is 24.3 Å². The summed E-state index contributed by atoms with van der Waals surface area (Å²) in [5.74, 6) is 0.502. The van der Waals surface area contributed by atoms with E-state index in [0.717, 1.165) is 61.0 Å². The first-order valence-corrected chi connectivity index (χ1v) is 14.9. The maximum absolute atomic E-state index is 12.2. The number of rotatable bonds is 6. The molecule has 1 aromatic carbocycles. The molecule has 5 rings (SSSR count). The zero-order valence-corrected chi connectivity index (χ0v) is 23.6. The number of likely N-dealkylation sites (tertiary alicyclic amines) is 1. The van der Waals surface area contributed by atoms with E-state index in [-0.39, 0.29) is 16.6 Å². The van der Waals surface area contributed by atoms with Crippen molar-refractivity contribution >= 4 is 32.6 Å². The van der Waals surface area contributed by atoms with Gasteiger partial charge < -0.3 is 15.2 Å². The Morgan fingerprint density at radius 3 is 2.41 bits per heavy atom. The minimum atomic E-state index is -3.51. The standard InChI is InChI=1S/C29H34N6O3S/c1-33(2)29(36)21-7-5-19(6-8-21)20-10-13-35(14-11-20)18-23-16-25-24(9-12-31-28(25)34(23)3)22-15-26(39(4,37)38)27(30)32-17-22/h5-9,12,15-17,20H,10-11,13-14,18H2,1-4H3,(H2,30,32). The Balaban J connectivity index is 1.32. The molecule has 10 heteroatoms. The monoisotopic (exact) mass is 546 g/mol. The van der Waals surface area contributed by atoms with Crippen LogP contribution < -0.4 is 5.73 Å². The number of fused-ring (bicyclic) bond motifs is 1. The van der Waals surface area contributed by atoms with Gasteiger partial charge >= 0.3 is 0 Å². The third kappa shape index (κ3) is 5.39. The van der Waals surface area contributed by atoms with Gasteiger partial charge in [0.1, 0.15) is 16.4 Å². The summed E-state index contributed by atoms with van der Waals surface area (Å²) < 4.78 is 26.5. The molecule has 0 unspecified atom stereocenters. The summed E-state index contributed by atoms with van der Waals surface area (Å²) in [6.07, 6.45) is 6.59. The maximum Gasteiger partial charge on any atom is 0.253 e.